The van der Waals surface area contributed by atoms with Crippen LogP contribution < -0.4 is 11.1 Å². The van der Waals surface area contributed by atoms with Crippen LogP contribution in [0, 0.1) is 5.92 Å². The average Bonchev–Trinajstić information content (AvgIpc) is 2.78. The van der Waals surface area contributed by atoms with Crippen LogP contribution in [0.1, 0.15) is 10.4 Å². The molecular formula is C12H14N2O5. The van der Waals surface area contributed by atoms with E-state index in [0.29, 0.717) is 6.61 Å². The number of nitrogens with one attached hydrogen (secondary N) is 1. The first-order valence-corrected chi connectivity index (χ1v) is 5.69. The van der Waals surface area contributed by atoms with E-state index in [0.717, 1.165) is 0 Å². The Labute approximate surface area is 109 Å². The second-order valence-electron chi connectivity index (χ2n) is 4.33. The molecule has 19 heavy (non-hydrogen) atoms. The number of hydrogen-bond acceptors (Lipinski definition) is 5. The van der Waals surface area contributed by atoms with E-state index in [9.17, 15) is 14.7 Å². The van der Waals surface area contributed by atoms with Crippen molar-refractivity contribution in [3.8, 4) is 5.75 Å². The fraction of sp³-hybridized carbons (Fsp3) is 0.333. The van der Waals surface area contributed by atoms with Crippen molar-refractivity contribution in [3.05, 3.63) is 23.8 Å². The Morgan fingerprint density at radius 3 is 2.68 bits per heavy atom. The zero-order chi connectivity index (χ0) is 14.0. The molecule has 2 unspecified atom stereocenters. The normalized spacial score (nSPS) is 22.2. The van der Waals surface area contributed by atoms with E-state index in [4.69, 9.17) is 15.6 Å². The summed E-state index contributed by atoms with van der Waals surface area (Å²) < 4.78 is 5.08. The summed E-state index contributed by atoms with van der Waals surface area (Å²) in [6, 6.07) is 3.25. The molecule has 2 atom stereocenters. The zero-order valence-corrected chi connectivity index (χ0v) is 10.00. The summed E-state index contributed by atoms with van der Waals surface area (Å²) in [6.07, 6.45) is 0. The van der Waals surface area contributed by atoms with Crippen molar-refractivity contribution in [3.63, 3.8) is 0 Å². The van der Waals surface area contributed by atoms with Crippen LogP contribution >= 0.6 is 0 Å². The molecule has 1 aliphatic rings. The number of carboxylic acid groups (broad SMARTS) is 1. The Bertz CT molecular complexity index is 517. The number of rotatable bonds is 3. The van der Waals surface area contributed by atoms with Gasteiger partial charge in [-0.3, -0.25) is 4.79 Å². The topological polar surface area (TPSA) is 122 Å². The lowest BCUT2D eigenvalue weighted by Gasteiger charge is -2.14. The number of benzene rings is 1. The van der Waals surface area contributed by atoms with E-state index in [-0.39, 0.29) is 23.6 Å². The molecule has 0 aliphatic carbocycles. The number of nitrogens with two attached hydrogens (primary N) is 1. The van der Waals surface area contributed by atoms with Gasteiger partial charge in [-0.05, 0) is 18.2 Å². The molecule has 1 saturated heterocycles. The molecule has 1 heterocycles. The van der Waals surface area contributed by atoms with Gasteiger partial charge >= 0.3 is 5.97 Å². The SMILES string of the molecule is NC1COCC1C(=O)Nc1cc(C(=O)O)ccc1O. The van der Waals surface area contributed by atoms with Gasteiger partial charge in [0, 0.05) is 6.04 Å². The monoisotopic (exact) mass is 266 g/mol. The maximum atomic E-state index is 11.9. The van der Waals surface area contributed by atoms with E-state index < -0.39 is 23.8 Å². The molecule has 7 heteroatoms. The number of carbonyl (C=O) groups is 2. The number of hydrogen-bond donors (Lipinski definition) is 4. The Morgan fingerprint density at radius 2 is 2.11 bits per heavy atom. The summed E-state index contributed by atoms with van der Waals surface area (Å²) in [5, 5.41) is 20.9. The second kappa shape index (κ2) is 5.25. The Hall–Kier alpha value is -2.12. The van der Waals surface area contributed by atoms with Gasteiger partial charge in [0.1, 0.15) is 5.75 Å². The van der Waals surface area contributed by atoms with Crippen LogP contribution in [0.25, 0.3) is 0 Å². The van der Waals surface area contributed by atoms with Crippen molar-refractivity contribution < 1.29 is 24.5 Å². The van der Waals surface area contributed by atoms with Crippen molar-refractivity contribution >= 4 is 17.6 Å². The van der Waals surface area contributed by atoms with Gasteiger partial charge in [-0.15, -0.1) is 0 Å². The molecule has 2 rings (SSSR count). The zero-order valence-electron chi connectivity index (χ0n) is 10.00. The van der Waals surface area contributed by atoms with E-state index in [1.54, 1.807) is 0 Å². The fourth-order valence-electron chi connectivity index (χ4n) is 1.84. The molecule has 0 aromatic heterocycles. The van der Waals surface area contributed by atoms with Gasteiger partial charge in [0.2, 0.25) is 5.91 Å². The summed E-state index contributed by atoms with van der Waals surface area (Å²) in [5.74, 6) is -2.25. The summed E-state index contributed by atoms with van der Waals surface area (Å²) in [4.78, 5) is 22.8. The van der Waals surface area contributed by atoms with Crippen LogP contribution in [0.4, 0.5) is 5.69 Å². The number of amides is 1. The van der Waals surface area contributed by atoms with Crippen LogP contribution in [-0.4, -0.2) is 41.3 Å². The van der Waals surface area contributed by atoms with Crippen molar-refractivity contribution in [2.24, 2.45) is 11.7 Å². The van der Waals surface area contributed by atoms with Gasteiger partial charge in [0.25, 0.3) is 0 Å². The van der Waals surface area contributed by atoms with E-state index >= 15 is 0 Å². The van der Waals surface area contributed by atoms with E-state index in [2.05, 4.69) is 5.32 Å². The molecule has 5 N–H and O–H groups in total. The van der Waals surface area contributed by atoms with Crippen molar-refractivity contribution in [2.75, 3.05) is 18.5 Å². The number of aromatic hydroxyl groups is 1. The number of carboxylic acids is 1. The number of aromatic carboxylic acids is 1. The van der Waals surface area contributed by atoms with Crippen LogP contribution in [0.15, 0.2) is 18.2 Å². The molecule has 1 amide bonds. The predicted octanol–water partition coefficient (Wildman–Crippen LogP) is 0.00260. The molecule has 0 radical (unpaired) electrons. The minimum atomic E-state index is -1.14. The van der Waals surface area contributed by atoms with Crippen molar-refractivity contribution in [2.45, 2.75) is 6.04 Å². The van der Waals surface area contributed by atoms with E-state index in [1.165, 1.54) is 18.2 Å². The minimum Gasteiger partial charge on any atom is -0.506 e. The molecule has 1 aliphatic heterocycles. The molecule has 0 bridgehead atoms. The third-order valence-corrected chi connectivity index (χ3v) is 2.96. The van der Waals surface area contributed by atoms with Gasteiger partial charge < -0.3 is 26.0 Å². The molecule has 1 aromatic carbocycles. The molecular weight excluding hydrogens is 252 g/mol. The van der Waals surface area contributed by atoms with Gasteiger partial charge in [0.15, 0.2) is 0 Å². The Kier molecular flexibility index (Phi) is 3.68. The lowest BCUT2D eigenvalue weighted by atomic mass is 10.0. The van der Waals surface area contributed by atoms with Crippen LogP contribution in [0.5, 0.6) is 5.75 Å². The molecule has 1 aromatic rings. The number of carbonyl (C=O) groups excluding carboxylic acids is 1. The quantitative estimate of drug-likeness (QED) is 0.571. The second-order valence-corrected chi connectivity index (χ2v) is 4.33. The molecule has 102 valence electrons. The lowest BCUT2D eigenvalue weighted by molar-refractivity contribution is -0.120. The highest BCUT2D eigenvalue weighted by molar-refractivity contribution is 5.97. The number of ether oxygens (including phenoxy) is 1. The molecule has 7 nitrogen and oxygen atoms in total. The highest BCUT2D eigenvalue weighted by atomic mass is 16.5. The van der Waals surface area contributed by atoms with Gasteiger partial charge in [-0.25, -0.2) is 4.79 Å². The summed E-state index contributed by atoms with van der Waals surface area (Å²) >= 11 is 0. The standard InChI is InChI=1S/C12H14N2O5/c13-8-5-19-4-7(8)11(16)14-9-3-6(12(17)18)1-2-10(9)15/h1-3,7-8,15H,4-5,13H2,(H,14,16)(H,17,18). The van der Waals surface area contributed by atoms with Crippen LogP contribution in [-0.2, 0) is 9.53 Å². The van der Waals surface area contributed by atoms with Gasteiger partial charge in [-0.1, -0.05) is 0 Å². The number of phenolic OH excluding ortho intramolecular Hbond substituents is 1. The first-order chi connectivity index (χ1) is 8.99. The highest BCUT2D eigenvalue weighted by Crippen LogP contribution is 2.25. The van der Waals surface area contributed by atoms with Crippen LogP contribution in [0.3, 0.4) is 0 Å². The molecule has 1 fully saturated rings. The smallest absolute Gasteiger partial charge is 0.335 e. The highest BCUT2D eigenvalue weighted by Gasteiger charge is 2.31. The third-order valence-electron chi connectivity index (χ3n) is 2.96. The van der Waals surface area contributed by atoms with Crippen LogP contribution in [0.2, 0.25) is 0 Å². The molecule has 0 saturated carbocycles. The first kappa shape index (κ1) is 13.3. The maximum Gasteiger partial charge on any atom is 0.335 e. The third kappa shape index (κ3) is 2.83. The molecule has 0 spiro atoms. The Balaban J connectivity index is 2.16. The number of anilines is 1. The summed E-state index contributed by atoms with van der Waals surface area (Å²) in [7, 11) is 0. The lowest BCUT2D eigenvalue weighted by Crippen LogP contribution is -2.37. The largest absolute Gasteiger partial charge is 0.506 e. The summed E-state index contributed by atoms with van der Waals surface area (Å²) in [5.41, 5.74) is 5.72. The Morgan fingerprint density at radius 1 is 1.37 bits per heavy atom. The predicted molar refractivity (Wildman–Crippen MR) is 66.0 cm³/mol. The fourth-order valence-corrected chi connectivity index (χ4v) is 1.84. The average molecular weight is 266 g/mol. The maximum absolute atomic E-state index is 11.9. The van der Waals surface area contributed by atoms with Gasteiger partial charge in [0.05, 0.1) is 30.4 Å². The van der Waals surface area contributed by atoms with Crippen molar-refractivity contribution in [1.82, 2.24) is 0 Å². The number of phenols is 1. The minimum absolute atomic E-state index is 0.0277. The van der Waals surface area contributed by atoms with Gasteiger partial charge in [-0.2, -0.15) is 0 Å². The van der Waals surface area contributed by atoms with Crippen molar-refractivity contribution in [1.29, 1.82) is 0 Å². The first-order valence-electron chi connectivity index (χ1n) is 5.69. The van der Waals surface area contributed by atoms with E-state index in [1.807, 2.05) is 0 Å². The summed E-state index contributed by atoms with van der Waals surface area (Å²) in [6.45, 7) is 0.519.